The number of hydrogen-bond donors (Lipinski definition) is 2. The van der Waals surface area contributed by atoms with E-state index >= 15 is 0 Å². The van der Waals surface area contributed by atoms with E-state index in [9.17, 15) is 4.79 Å². The Hall–Kier alpha value is -1.72. The Morgan fingerprint density at radius 1 is 1.40 bits per heavy atom. The Kier molecular flexibility index (Phi) is 4.52. The summed E-state index contributed by atoms with van der Waals surface area (Å²) in [5.41, 5.74) is 1.36. The van der Waals surface area contributed by atoms with E-state index in [0.717, 1.165) is 18.7 Å². The summed E-state index contributed by atoms with van der Waals surface area (Å²) >= 11 is 0. The molecule has 0 unspecified atom stereocenters. The van der Waals surface area contributed by atoms with E-state index in [1.54, 1.807) is 12.3 Å². The van der Waals surface area contributed by atoms with Crippen molar-refractivity contribution in [3.05, 3.63) is 46.5 Å². The van der Waals surface area contributed by atoms with Crippen molar-refractivity contribution in [3.63, 3.8) is 0 Å². The monoisotopic (exact) mass is 275 g/mol. The molecule has 5 heteroatoms. The highest BCUT2D eigenvalue weighted by atomic mass is 16.3. The molecule has 0 bridgehead atoms. The predicted molar refractivity (Wildman–Crippen MR) is 78.7 cm³/mol. The summed E-state index contributed by atoms with van der Waals surface area (Å²) in [6.07, 6.45) is 2.46. The lowest BCUT2D eigenvalue weighted by Gasteiger charge is -2.23. The van der Waals surface area contributed by atoms with E-state index < -0.39 is 0 Å². The zero-order chi connectivity index (χ0) is 14.6. The van der Waals surface area contributed by atoms with Crippen molar-refractivity contribution in [2.75, 3.05) is 13.2 Å². The van der Waals surface area contributed by atoms with Crippen LogP contribution in [0.1, 0.15) is 26.0 Å². The van der Waals surface area contributed by atoms with Gasteiger partial charge in [0.15, 0.2) is 0 Å². The molecule has 108 valence electrons. The number of hydrogen-bond acceptors (Lipinski definition) is 4. The van der Waals surface area contributed by atoms with Gasteiger partial charge in [0, 0.05) is 32.0 Å². The molecule has 2 rings (SSSR count). The highest BCUT2D eigenvalue weighted by Crippen LogP contribution is 2.18. The van der Waals surface area contributed by atoms with Gasteiger partial charge >= 0.3 is 0 Å². The van der Waals surface area contributed by atoms with Crippen LogP contribution in [0.5, 0.6) is 0 Å². The molecule has 2 N–H and O–H groups in total. The summed E-state index contributed by atoms with van der Waals surface area (Å²) in [6.45, 7) is 5.70. The number of fused-ring (bicyclic) bond motifs is 1. The molecule has 0 atom stereocenters. The molecule has 0 saturated heterocycles. The SMILES string of the molecule is CC(C)(CCO)CNCc1cc(=O)n2ccccc2n1. The zero-order valence-electron chi connectivity index (χ0n) is 12.0. The number of nitrogens with zero attached hydrogens (tertiary/aromatic N) is 2. The van der Waals surface area contributed by atoms with Crippen LogP contribution >= 0.6 is 0 Å². The fraction of sp³-hybridized carbons (Fsp3) is 0.467. The van der Waals surface area contributed by atoms with Crippen LogP contribution in [0.2, 0.25) is 0 Å². The number of nitrogens with one attached hydrogen (secondary N) is 1. The van der Waals surface area contributed by atoms with Gasteiger partial charge in [-0.25, -0.2) is 4.98 Å². The molecule has 0 aliphatic rings. The number of aliphatic hydroxyl groups is 1. The Morgan fingerprint density at radius 3 is 2.95 bits per heavy atom. The van der Waals surface area contributed by atoms with E-state index in [2.05, 4.69) is 24.1 Å². The van der Waals surface area contributed by atoms with Gasteiger partial charge in [0.2, 0.25) is 0 Å². The van der Waals surface area contributed by atoms with Crippen LogP contribution in [-0.4, -0.2) is 27.6 Å². The molecule has 0 fully saturated rings. The second kappa shape index (κ2) is 6.15. The zero-order valence-corrected chi connectivity index (χ0v) is 12.0. The number of aromatic nitrogens is 2. The molecule has 2 aromatic rings. The normalized spacial score (nSPS) is 11.9. The van der Waals surface area contributed by atoms with E-state index in [-0.39, 0.29) is 17.6 Å². The van der Waals surface area contributed by atoms with Crippen LogP contribution in [0.3, 0.4) is 0 Å². The first-order chi connectivity index (χ1) is 9.52. The van der Waals surface area contributed by atoms with Gasteiger partial charge in [0.1, 0.15) is 5.65 Å². The maximum Gasteiger partial charge on any atom is 0.258 e. The number of aliphatic hydroxyl groups excluding tert-OH is 1. The van der Waals surface area contributed by atoms with Crippen molar-refractivity contribution in [2.24, 2.45) is 5.41 Å². The summed E-state index contributed by atoms with van der Waals surface area (Å²) in [7, 11) is 0. The van der Waals surface area contributed by atoms with Gasteiger partial charge in [0.05, 0.1) is 5.69 Å². The molecule has 5 nitrogen and oxygen atoms in total. The van der Waals surface area contributed by atoms with Crippen LogP contribution in [0.25, 0.3) is 5.65 Å². The van der Waals surface area contributed by atoms with Gasteiger partial charge in [-0.05, 0) is 24.0 Å². The first-order valence-electron chi connectivity index (χ1n) is 6.81. The van der Waals surface area contributed by atoms with Gasteiger partial charge in [-0.15, -0.1) is 0 Å². The van der Waals surface area contributed by atoms with E-state index in [1.807, 2.05) is 18.2 Å². The Labute approximate surface area is 118 Å². The largest absolute Gasteiger partial charge is 0.396 e. The maximum absolute atomic E-state index is 11.9. The molecule has 0 spiro atoms. The van der Waals surface area contributed by atoms with Gasteiger partial charge in [-0.3, -0.25) is 9.20 Å². The lowest BCUT2D eigenvalue weighted by atomic mass is 9.90. The van der Waals surface area contributed by atoms with E-state index in [0.29, 0.717) is 12.2 Å². The Bertz CT molecular complexity index is 634. The highest BCUT2D eigenvalue weighted by molar-refractivity contribution is 5.37. The summed E-state index contributed by atoms with van der Waals surface area (Å²) in [5.74, 6) is 0. The fourth-order valence-electron chi connectivity index (χ4n) is 2.11. The molecule has 2 heterocycles. The standard InChI is InChI=1S/C15H21N3O2/c1-15(2,6-8-19)11-16-10-12-9-14(20)18-7-4-3-5-13(18)17-12/h3-5,7,9,16,19H,6,8,10-11H2,1-2H3. The number of rotatable bonds is 6. The Morgan fingerprint density at radius 2 is 2.20 bits per heavy atom. The van der Waals surface area contributed by atoms with Crippen molar-refractivity contribution in [3.8, 4) is 0 Å². The molecule has 20 heavy (non-hydrogen) atoms. The first-order valence-corrected chi connectivity index (χ1v) is 6.81. The minimum atomic E-state index is -0.0676. The van der Waals surface area contributed by atoms with Gasteiger partial charge in [-0.1, -0.05) is 19.9 Å². The number of pyridine rings is 1. The third-order valence-corrected chi connectivity index (χ3v) is 3.32. The molecular weight excluding hydrogens is 254 g/mol. The van der Waals surface area contributed by atoms with Crippen molar-refractivity contribution in [2.45, 2.75) is 26.8 Å². The second-order valence-corrected chi connectivity index (χ2v) is 5.76. The molecule has 0 aromatic carbocycles. The van der Waals surface area contributed by atoms with Gasteiger partial charge in [-0.2, -0.15) is 0 Å². The van der Waals surface area contributed by atoms with Gasteiger partial charge < -0.3 is 10.4 Å². The second-order valence-electron chi connectivity index (χ2n) is 5.76. The smallest absolute Gasteiger partial charge is 0.258 e. The Balaban J connectivity index is 2.06. The van der Waals surface area contributed by atoms with E-state index in [4.69, 9.17) is 5.11 Å². The fourth-order valence-corrected chi connectivity index (χ4v) is 2.11. The summed E-state index contributed by atoms with van der Waals surface area (Å²) in [4.78, 5) is 16.4. The van der Waals surface area contributed by atoms with E-state index in [1.165, 1.54) is 4.40 Å². The quantitative estimate of drug-likeness (QED) is 0.831. The van der Waals surface area contributed by atoms with Crippen LogP contribution < -0.4 is 10.9 Å². The summed E-state index contributed by atoms with van der Waals surface area (Å²) < 4.78 is 1.53. The average Bonchev–Trinajstić information content (AvgIpc) is 2.38. The summed E-state index contributed by atoms with van der Waals surface area (Å²) in [6, 6.07) is 7.05. The first kappa shape index (κ1) is 14.7. The highest BCUT2D eigenvalue weighted by Gasteiger charge is 2.16. The minimum absolute atomic E-state index is 0.0284. The maximum atomic E-state index is 11.9. The molecule has 0 radical (unpaired) electrons. The van der Waals surface area contributed by atoms with Crippen molar-refractivity contribution in [1.82, 2.24) is 14.7 Å². The van der Waals surface area contributed by atoms with Crippen LogP contribution in [0.15, 0.2) is 35.3 Å². The minimum Gasteiger partial charge on any atom is -0.396 e. The van der Waals surface area contributed by atoms with Crippen LogP contribution in [0.4, 0.5) is 0 Å². The van der Waals surface area contributed by atoms with Crippen molar-refractivity contribution in [1.29, 1.82) is 0 Å². The van der Waals surface area contributed by atoms with Crippen LogP contribution in [0, 0.1) is 5.41 Å². The van der Waals surface area contributed by atoms with Crippen molar-refractivity contribution >= 4 is 5.65 Å². The average molecular weight is 275 g/mol. The third kappa shape index (κ3) is 3.65. The lowest BCUT2D eigenvalue weighted by molar-refractivity contribution is 0.207. The molecular formula is C15H21N3O2. The lowest BCUT2D eigenvalue weighted by Crippen LogP contribution is -2.30. The van der Waals surface area contributed by atoms with Crippen LogP contribution in [-0.2, 0) is 6.54 Å². The molecule has 0 saturated carbocycles. The molecule has 0 aliphatic heterocycles. The molecule has 2 aromatic heterocycles. The topological polar surface area (TPSA) is 66.6 Å². The molecule has 0 aliphatic carbocycles. The molecule has 0 amide bonds. The van der Waals surface area contributed by atoms with Gasteiger partial charge in [0.25, 0.3) is 5.56 Å². The predicted octanol–water partition coefficient (Wildman–Crippen LogP) is 1.19. The summed E-state index contributed by atoms with van der Waals surface area (Å²) in [5, 5.41) is 12.3. The van der Waals surface area contributed by atoms with Crippen molar-refractivity contribution < 1.29 is 5.11 Å². The third-order valence-electron chi connectivity index (χ3n) is 3.32.